The molecule has 1 aromatic rings. The number of aromatic nitrogens is 1. The van der Waals surface area contributed by atoms with Gasteiger partial charge < -0.3 is 14.9 Å². The lowest BCUT2D eigenvalue weighted by Crippen LogP contribution is -2.50. The standard InChI is InChI=1S/C18H27ClN4O2/c1-14(13-24)21-7-9-22(10-8-21)17-16(19)11-15(12-20-17)18(25)23-5-3-2-4-6-23/h11-12,14,24H,2-10,13H2,1H3. The van der Waals surface area contributed by atoms with E-state index in [4.69, 9.17) is 11.6 Å². The molecule has 2 saturated heterocycles. The van der Waals surface area contributed by atoms with Crippen molar-refractivity contribution in [2.45, 2.75) is 32.2 Å². The van der Waals surface area contributed by atoms with E-state index in [0.717, 1.165) is 57.9 Å². The van der Waals surface area contributed by atoms with Crippen LogP contribution >= 0.6 is 11.6 Å². The summed E-state index contributed by atoms with van der Waals surface area (Å²) in [6.45, 7) is 7.22. The molecule has 25 heavy (non-hydrogen) atoms. The molecule has 138 valence electrons. The summed E-state index contributed by atoms with van der Waals surface area (Å²) in [5.41, 5.74) is 0.572. The van der Waals surface area contributed by atoms with E-state index >= 15 is 0 Å². The van der Waals surface area contributed by atoms with E-state index in [9.17, 15) is 9.90 Å². The second kappa shape index (κ2) is 8.34. The van der Waals surface area contributed by atoms with Gasteiger partial charge in [0.15, 0.2) is 0 Å². The highest BCUT2D eigenvalue weighted by Crippen LogP contribution is 2.26. The van der Waals surface area contributed by atoms with Gasteiger partial charge in [-0.15, -0.1) is 0 Å². The van der Waals surface area contributed by atoms with Crippen LogP contribution < -0.4 is 4.90 Å². The highest BCUT2D eigenvalue weighted by Gasteiger charge is 2.24. The Morgan fingerprint density at radius 1 is 1.20 bits per heavy atom. The van der Waals surface area contributed by atoms with Gasteiger partial charge in [-0.05, 0) is 32.3 Å². The van der Waals surface area contributed by atoms with E-state index in [2.05, 4.69) is 14.8 Å². The van der Waals surface area contributed by atoms with E-state index in [1.54, 1.807) is 12.3 Å². The minimum absolute atomic E-state index is 0.0299. The summed E-state index contributed by atoms with van der Waals surface area (Å²) in [6.07, 6.45) is 4.99. The molecule has 1 aromatic heterocycles. The zero-order valence-electron chi connectivity index (χ0n) is 14.8. The van der Waals surface area contributed by atoms with Crippen molar-refractivity contribution in [3.05, 3.63) is 22.8 Å². The first-order valence-corrected chi connectivity index (χ1v) is 9.52. The lowest BCUT2D eigenvalue weighted by molar-refractivity contribution is 0.0724. The van der Waals surface area contributed by atoms with Crippen LogP contribution in [-0.2, 0) is 0 Å². The minimum atomic E-state index is 0.0299. The van der Waals surface area contributed by atoms with Crippen LogP contribution in [0.2, 0.25) is 5.02 Å². The summed E-state index contributed by atoms with van der Waals surface area (Å²) < 4.78 is 0. The number of carbonyl (C=O) groups is 1. The fourth-order valence-electron chi connectivity index (χ4n) is 3.55. The molecule has 1 amide bonds. The number of hydrogen-bond donors (Lipinski definition) is 1. The van der Waals surface area contributed by atoms with Crippen LogP contribution in [-0.4, -0.2) is 77.7 Å². The van der Waals surface area contributed by atoms with Crippen molar-refractivity contribution in [3.63, 3.8) is 0 Å². The second-order valence-corrected chi connectivity index (χ2v) is 7.34. The lowest BCUT2D eigenvalue weighted by Gasteiger charge is -2.38. The van der Waals surface area contributed by atoms with Gasteiger partial charge >= 0.3 is 0 Å². The van der Waals surface area contributed by atoms with Crippen LogP contribution in [0.5, 0.6) is 0 Å². The molecule has 1 atom stereocenters. The Kier molecular flexibility index (Phi) is 6.15. The van der Waals surface area contributed by atoms with E-state index in [1.807, 2.05) is 11.8 Å². The molecule has 0 bridgehead atoms. The number of carbonyl (C=O) groups excluding carboxylic acids is 1. The van der Waals surface area contributed by atoms with Crippen LogP contribution in [0.1, 0.15) is 36.5 Å². The molecule has 7 heteroatoms. The zero-order valence-corrected chi connectivity index (χ0v) is 15.6. The Hall–Kier alpha value is -1.37. The van der Waals surface area contributed by atoms with Gasteiger partial charge in [-0.3, -0.25) is 9.69 Å². The normalized spacial score (nSPS) is 20.6. The molecule has 0 saturated carbocycles. The van der Waals surface area contributed by atoms with Gasteiger partial charge in [-0.1, -0.05) is 11.6 Å². The van der Waals surface area contributed by atoms with E-state index in [0.29, 0.717) is 10.6 Å². The number of nitrogens with zero attached hydrogens (tertiary/aromatic N) is 4. The predicted octanol–water partition coefficient (Wildman–Crippen LogP) is 1.86. The maximum atomic E-state index is 12.6. The molecule has 6 nitrogen and oxygen atoms in total. The van der Waals surface area contributed by atoms with E-state index in [1.165, 1.54) is 6.42 Å². The van der Waals surface area contributed by atoms with Crippen LogP contribution in [0.25, 0.3) is 0 Å². The van der Waals surface area contributed by atoms with Gasteiger partial charge in [0.25, 0.3) is 5.91 Å². The Labute approximate surface area is 154 Å². The van der Waals surface area contributed by atoms with Crippen molar-refractivity contribution >= 4 is 23.3 Å². The van der Waals surface area contributed by atoms with Crippen LogP contribution in [0, 0.1) is 0 Å². The van der Waals surface area contributed by atoms with Gasteiger partial charge in [-0.2, -0.15) is 0 Å². The number of piperidine rings is 1. The molecule has 2 aliphatic rings. The summed E-state index contributed by atoms with van der Waals surface area (Å²) in [7, 11) is 0. The topological polar surface area (TPSA) is 59.9 Å². The third kappa shape index (κ3) is 4.25. The first-order chi connectivity index (χ1) is 12.1. The Morgan fingerprint density at radius 3 is 2.48 bits per heavy atom. The number of piperazine rings is 1. The molecule has 0 spiro atoms. The summed E-state index contributed by atoms with van der Waals surface area (Å²) in [6, 6.07) is 1.93. The van der Waals surface area contributed by atoms with Gasteiger partial charge in [0.05, 0.1) is 17.2 Å². The number of amides is 1. The van der Waals surface area contributed by atoms with Crippen LogP contribution in [0.15, 0.2) is 12.3 Å². The molecular weight excluding hydrogens is 340 g/mol. The van der Waals surface area contributed by atoms with Gasteiger partial charge in [0.1, 0.15) is 5.82 Å². The van der Waals surface area contributed by atoms with Crippen molar-refractivity contribution in [1.29, 1.82) is 0 Å². The maximum Gasteiger partial charge on any atom is 0.255 e. The van der Waals surface area contributed by atoms with Crippen molar-refractivity contribution < 1.29 is 9.90 Å². The highest BCUT2D eigenvalue weighted by molar-refractivity contribution is 6.33. The van der Waals surface area contributed by atoms with Gasteiger partial charge in [0.2, 0.25) is 0 Å². The average molecular weight is 367 g/mol. The van der Waals surface area contributed by atoms with E-state index < -0.39 is 0 Å². The first kappa shape index (κ1) is 18.4. The predicted molar refractivity (Wildman–Crippen MR) is 99.3 cm³/mol. The maximum absolute atomic E-state index is 12.6. The smallest absolute Gasteiger partial charge is 0.255 e. The fraction of sp³-hybridized carbons (Fsp3) is 0.667. The average Bonchev–Trinajstić information content (AvgIpc) is 2.67. The monoisotopic (exact) mass is 366 g/mol. The SMILES string of the molecule is CC(CO)N1CCN(c2ncc(C(=O)N3CCCCC3)cc2Cl)CC1. The van der Waals surface area contributed by atoms with Crippen molar-refractivity contribution in [3.8, 4) is 0 Å². The quantitative estimate of drug-likeness (QED) is 0.881. The Balaban J connectivity index is 1.65. The minimum Gasteiger partial charge on any atom is -0.395 e. The highest BCUT2D eigenvalue weighted by atomic mass is 35.5. The molecule has 2 aliphatic heterocycles. The molecular formula is C18H27ClN4O2. The Morgan fingerprint density at radius 2 is 1.88 bits per heavy atom. The van der Waals surface area contributed by atoms with Crippen molar-refractivity contribution in [2.75, 3.05) is 50.8 Å². The number of anilines is 1. The molecule has 2 fully saturated rings. The van der Waals surface area contributed by atoms with Crippen LogP contribution in [0.4, 0.5) is 5.82 Å². The van der Waals surface area contributed by atoms with Crippen molar-refractivity contribution in [1.82, 2.24) is 14.8 Å². The summed E-state index contributed by atoms with van der Waals surface area (Å²) in [5.74, 6) is 0.774. The van der Waals surface area contributed by atoms with Crippen LogP contribution in [0.3, 0.4) is 0 Å². The van der Waals surface area contributed by atoms with Gasteiger partial charge in [0, 0.05) is 51.5 Å². The zero-order chi connectivity index (χ0) is 17.8. The summed E-state index contributed by atoms with van der Waals surface area (Å²) >= 11 is 6.44. The van der Waals surface area contributed by atoms with Crippen molar-refractivity contribution in [2.24, 2.45) is 0 Å². The molecule has 0 radical (unpaired) electrons. The molecule has 1 N–H and O–H groups in total. The molecule has 0 aliphatic carbocycles. The molecule has 3 heterocycles. The molecule has 0 aromatic carbocycles. The van der Waals surface area contributed by atoms with E-state index in [-0.39, 0.29) is 18.6 Å². The first-order valence-electron chi connectivity index (χ1n) is 9.15. The molecule has 1 unspecified atom stereocenters. The number of likely N-dealkylation sites (tertiary alicyclic amines) is 1. The Bertz CT molecular complexity index is 599. The number of halogens is 1. The molecule has 3 rings (SSSR count). The largest absolute Gasteiger partial charge is 0.395 e. The second-order valence-electron chi connectivity index (χ2n) is 6.94. The number of aliphatic hydroxyl groups is 1. The summed E-state index contributed by atoms with van der Waals surface area (Å²) in [5, 5.41) is 9.81. The number of hydrogen-bond acceptors (Lipinski definition) is 5. The third-order valence-corrected chi connectivity index (χ3v) is 5.49. The summed E-state index contributed by atoms with van der Waals surface area (Å²) in [4.78, 5) is 23.4. The number of pyridine rings is 1. The lowest BCUT2D eigenvalue weighted by atomic mass is 10.1. The third-order valence-electron chi connectivity index (χ3n) is 5.21. The fourth-order valence-corrected chi connectivity index (χ4v) is 3.84. The van der Waals surface area contributed by atoms with Gasteiger partial charge in [-0.25, -0.2) is 4.98 Å². The number of rotatable bonds is 4. The number of aliphatic hydroxyl groups excluding tert-OH is 1.